The third-order valence-corrected chi connectivity index (χ3v) is 3.66. The maximum absolute atomic E-state index is 10.5. The molecule has 0 aliphatic heterocycles. The molecular formula is C10H9O2S2-. The summed E-state index contributed by atoms with van der Waals surface area (Å²) in [5, 5.41) is 4.41. The van der Waals surface area contributed by atoms with Gasteiger partial charge in [0, 0.05) is 10.6 Å². The molecule has 14 heavy (non-hydrogen) atoms. The molecule has 2 nitrogen and oxygen atoms in total. The first-order valence-corrected chi connectivity index (χ1v) is 6.32. The summed E-state index contributed by atoms with van der Waals surface area (Å²) in [6.45, 7) is 2.07. The first-order chi connectivity index (χ1) is 6.66. The van der Waals surface area contributed by atoms with Gasteiger partial charge in [-0.2, -0.15) is 0 Å². The number of hydrogen-bond donors (Lipinski definition) is 0. The summed E-state index contributed by atoms with van der Waals surface area (Å²) in [5.41, 5.74) is 0.851. The van der Waals surface area contributed by atoms with Gasteiger partial charge in [0.25, 0.3) is 0 Å². The van der Waals surface area contributed by atoms with Crippen LogP contribution in [-0.2, 0) is 16.8 Å². The van der Waals surface area contributed by atoms with Crippen LogP contribution in [0.3, 0.4) is 0 Å². The zero-order valence-corrected chi connectivity index (χ0v) is 9.28. The Morgan fingerprint density at radius 2 is 2.29 bits per heavy atom. The fourth-order valence-corrected chi connectivity index (χ4v) is 2.73. The van der Waals surface area contributed by atoms with E-state index in [0.29, 0.717) is 0 Å². The third-order valence-electron chi connectivity index (χ3n) is 2.14. The second-order valence-corrected chi connectivity index (χ2v) is 5.14. The van der Waals surface area contributed by atoms with Crippen molar-refractivity contribution < 1.29 is 8.76 Å². The smallest absolute Gasteiger partial charge is 0.0353 e. The molecule has 1 aromatic heterocycles. The molecule has 0 aliphatic rings. The molecule has 0 saturated heterocycles. The number of aryl methyl sites for hydroxylation is 1. The number of hydrogen-bond acceptors (Lipinski definition) is 3. The Bertz CT molecular complexity index is 488. The van der Waals surface area contributed by atoms with Gasteiger partial charge in [0.15, 0.2) is 0 Å². The summed E-state index contributed by atoms with van der Waals surface area (Å²) in [6.07, 6.45) is 0. The Morgan fingerprint density at radius 3 is 3.00 bits per heavy atom. The Labute approximate surface area is 88.9 Å². The molecule has 0 aliphatic carbocycles. The van der Waals surface area contributed by atoms with Crippen molar-refractivity contribution in [1.82, 2.24) is 0 Å². The number of fused-ring (bicyclic) bond motifs is 1. The van der Waals surface area contributed by atoms with Crippen LogP contribution < -0.4 is 0 Å². The molecule has 0 spiro atoms. The summed E-state index contributed by atoms with van der Waals surface area (Å²) >= 11 is -0.308. The van der Waals surface area contributed by atoms with E-state index in [1.54, 1.807) is 11.3 Å². The lowest BCUT2D eigenvalue weighted by Gasteiger charge is -2.04. The van der Waals surface area contributed by atoms with Gasteiger partial charge in [-0.1, -0.05) is 23.2 Å². The fourth-order valence-electron chi connectivity index (χ4n) is 1.47. The SMILES string of the molecule is Cc1scc2cc(CS(=O)[O-])ccc12. The number of rotatable bonds is 2. The van der Waals surface area contributed by atoms with E-state index in [1.165, 1.54) is 10.3 Å². The van der Waals surface area contributed by atoms with E-state index in [4.69, 9.17) is 0 Å². The van der Waals surface area contributed by atoms with Crippen LogP contribution in [0.1, 0.15) is 10.4 Å². The van der Waals surface area contributed by atoms with Crippen LogP contribution in [0.15, 0.2) is 23.6 Å². The van der Waals surface area contributed by atoms with Crippen molar-refractivity contribution in [2.24, 2.45) is 0 Å². The topological polar surface area (TPSA) is 40.1 Å². The zero-order chi connectivity index (χ0) is 10.1. The predicted molar refractivity (Wildman–Crippen MR) is 59.2 cm³/mol. The minimum atomic E-state index is -2.00. The number of thiophene rings is 1. The van der Waals surface area contributed by atoms with Crippen LogP contribution in [0.5, 0.6) is 0 Å². The first-order valence-electron chi connectivity index (χ1n) is 4.19. The number of benzene rings is 1. The monoisotopic (exact) mass is 225 g/mol. The van der Waals surface area contributed by atoms with Crippen molar-refractivity contribution in [2.45, 2.75) is 12.7 Å². The molecule has 1 heterocycles. The summed E-state index contributed by atoms with van der Waals surface area (Å²) in [7, 11) is 0. The van der Waals surface area contributed by atoms with Crippen LogP contribution in [0.25, 0.3) is 10.8 Å². The van der Waals surface area contributed by atoms with Gasteiger partial charge in [-0.25, -0.2) is 0 Å². The van der Waals surface area contributed by atoms with Crippen LogP contribution in [0, 0.1) is 6.92 Å². The van der Waals surface area contributed by atoms with Crippen molar-refractivity contribution >= 4 is 33.2 Å². The van der Waals surface area contributed by atoms with E-state index in [9.17, 15) is 8.76 Å². The van der Waals surface area contributed by atoms with Crippen molar-refractivity contribution in [2.75, 3.05) is 0 Å². The van der Waals surface area contributed by atoms with E-state index < -0.39 is 11.1 Å². The van der Waals surface area contributed by atoms with Gasteiger partial charge in [-0.3, -0.25) is 4.21 Å². The Hall–Kier alpha value is -0.710. The van der Waals surface area contributed by atoms with Crippen molar-refractivity contribution in [3.8, 4) is 0 Å². The van der Waals surface area contributed by atoms with Crippen molar-refractivity contribution in [1.29, 1.82) is 0 Å². The average molecular weight is 225 g/mol. The Morgan fingerprint density at radius 1 is 1.50 bits per heavy atom. The Kier molecular flexibility index (Phi) is 2.67. The molecule has 0 N–H and O–H groups in total. The lowest BCUT2D eigenvalue weighted by Crippen LogP contribution is -1.92. The van der Waals surface area contributed by atoms with E-state index in [-0.39, 0.29) is 5.75 Å². The minimum Gasteiger partial charge on any atom is -0.772 e. The largest absolute Gasteiger partial charge is 0.772 e. The summed E-state index contributed by atoms with van der Waals surface area (Å²) in [6, 6.07) is 5.80. The van der Waals surface area contributed by atoms with E-state index in [2.05, 4.69) is 12.3 Å². The molecule has 2 rings (SSSR count). The molecule has 0 amide bonds. The van der Waals surface area contributed by atoms with E-state index in [0.717, 1.165) is 10.9 Å². The fraction of sp³-hybridized carbons (Fsp3) is 0.200. The van der Waals surface area contributed by atoms with Gasteiger partial charge in [0.1, 0.15) is 0 Å². The molecule has 1 aromatic carbocycles. The van der Waals surface area contributed by atoms with E-state index in [1.807, 2.05) is 18.2 Å². The molecule has 0 bridgehead atoms. The molecule has 0 saturated carbocycles. The molecule has 1 atom stereocenters. The highest BCUT2D eigenvalue weighted by Crippen LogP contribution is 2.25. The van der Waals surface area contributed by atoms with E-state index >= 15 is 0 Å². The lowest BCUT2D eigenvalue weighted by molar-refractivity contribution is 0.536. The standard InChI is InChI=1S/C10H10O2S2/c1-7-10-3-2-8(6-14(11)12)4-9(10)5-13-7/h2-5H,6H2,1H3,(H,11,12)/p-1. The third kappa shape index (κ3) is 1.87. The van der Waals surface area contributed by atoms with Crippen LogP contribution >= 0.6 is 11.3 Å². The second-order valence-electron chi connectivity index (χ2n) is 3.16. The first kappa shape index (κ1) is 9.83. The van der Waals surface area contributed by atoms with Gasteiger partial charge in [-0.05, 0) is 34.7 Å². The van der Waals surface area contributed by atoms with Crippen LogP contribution in [0.2, 0.25) is 0 Å². The quantitative estimate of drug-likeness (QED) is 0.737. The van der Waals surface area contributed by atoms with Gasteiger partial charge >= 0.3 is 0 Å². The predicted octanol–water partition coefficient (Wildman–Crippen LogP) is 2.59. The molecule has 0 radical (unpaired) electrons. The van der Waals surface area contributed by atoms with Gasteiger partial charge < -0.3 is 4.55 Å². The lowest BCUT2D eigenvalue weighted by atomic mass is 10.1. The molecule has 2 aromatic rings. The maximum atomic E-state index is 10.5. The zero-order valence-electron chi connectivity index (χ0n) is 7.65. The molecule has 0 fully saturated rings. The van der Waals surface area contributed by atoms with Gasteiger partial charge in [0.2, 0.25) is 0 Å². The van der Waals surface area contributed by atoms with Crippen LogP contribution in [-0.4, -0.2) is 8.76 Å². The highest BCUT2D eigenvalue weighted by atomic mass is 32.2. The van der Waals surface area contributed by atoms with Crippen molar-refractivity contribution in [3.05, 3.63) is 34.0 Å². The maximum Gasteiger partial charge on any atom is 0.0353 e. The van der Waals surface area contributed by atoms with Crippen LogP contribution in [0.4, 0.5) is 0 Å². The highest BCUT2D eigenvalue weighted by molar-refractivity contribution is 7.78. The molecule has 74 valence electrons. The molecule has 4 heteroatoms. The minimum absolute atomic E-state index is 0.102. The average Bonchev–Trinajstić information content (AvgIpc) is 2.46. The highest BCUT2D eigenvalue weighted by Gasteiger charge is 2.00. The molecule has 1 unspecified atom stereocenters. The van der Waals surface area contributed by atoms with Gasteiger partial charge in [0.05, 0.1) is 0 Å². The Balaban J connectivity index is 2.46. The summed E-state index contributed by atoms with van der Waals surface area (Å²) < 4.78 is 21.0. The van der Waals surface area contributed by atoms with Gasteiger partial charge in [-0.15, -0.1) is 11.3 Å². The second kappa shape index (κ2) is 3.81. The summed E-state index contributed by atoms with van der Waals surface area (Å²) in [4.78, 5) is 1.27. The molecular weight excluding hydrogens is 216 g/mol. The normalized spacial score (nSPS) is 13.3. The summed E-state index contributed by atoms with van der Waals surface area (Å²) in [5.74, 6) is 0.102. The van der Waals surface area contributed by atoms with Crippen molar-refractivity contribution in [3.63, 3.8) is 0 Å².